The van der Waals surface area contributed by atoms with Crippen LogP contribution in [0.5, 0.6) is 5.75 Å². The first kappa shape index (κ1) is 19.9. The summed E-state index contributed by atoms with van der Waals surface area (Å²) in [6.45, 7) is -0.423. The second-order valence-electron chi connectivity index (χ2n) is 6.00. The molecule has 2 heterocycles. The van der Waals surface area contributed by atoms with E-state index in [1.807, 2.05) is 30.3 Å². The summed E-state index contributed by atoms with van der Waals surface area (Å²) in [6, 6.07) is 12.8. The van der Waals surface area contributed by atoms with E-state index in [9.17, 15) is 9.59 Å². The number of methoxy groups -OCH3 is 1. The fourth-order valence-corrected chi connectivity index (χ4v) is 4.78. The number of ether oxygens (including phenoxy) is 2. The molecule has 4 aromatic rings. The van der Waals surface area contributed by atoms with E-state index in [0.717, 1.165) is 24.6 Å². The number of furan rings is 1. The smallest absolute Gasteiger partial charge is 0.348 e. The number of benzene rings is 2. The summed E-state index contributed by atoms with van der Waals surface area (Å²) in [6.07, 6.45) is 0. The van der Waals surface area contributed by atoms with Crippen LogP contribution >= 0.6 is 43.2 Å². The summed E-state index contributed by atoms with van der Waals surface area (Å²) in [4.78, 5) is 24.8. The lowest BCUT2D eigenvalue weighted by Crippen LogP contribution is -2.20. The molecular formula is C20H13Br2NO5S. The highest BCUT2D eigenvalue weighted by Gasteiger charge is 2.17. The Kier molecular flexibility index (Phi) is 5.62. The molecule has 0 unspecified atom stereocenters. The van der Waals surface area contributed by atoms with Crippen LogP contribution in [0.4, 0.5) is 5.69 Å². The van der Waals surface area contributed by atoms with Crippen LogP contribution in [0.25, 0.3) is 21.9 Å². The molecule has 0 aliphatic rings. The standard InChI is InChI=1S/C20H13Br2NO5S/c1-26-16-6-11-10-4-2-3-5-14(10)28-15(11)8-13(16)23-18(24)9-27-20(25)17-7-12(21)19(22)29-17/h2-8H,9H2,1H3,(H,23,24). The van der Waals surface area contributed by atoms with Gasteiger partial charge < -0.3 is 19.2 Å². The van der Waals surface area contributed by atoms with Crippen LogP contribution in [-0.4, -0.2) is 25.6 Å². The van der Waals surface area contributed by atoms with Crippen molar-refractivity contribution in [3.63, 3.8) is 0 Å². The number of amides is 1. The van der Waals surface area contributed by atoms with E-state index in [1.54, 1.807) is 12.1 Å². The van der Waals surface area contributed by atoms with E-state index in [2.05, 4.69) is 37.2 Å². The van der Waals surface area contributed by atoms with Gasteiger partial charge in [-0.2, -0.15) is 0 Å². The zero-order valence-corrected chi connectivity index (χ0v) is 18.9. The molecule has 0 atom stereocenters. The summed E-state index contributed by atoms with van der Waals surface area (Å²) in [5.74, 6) is -0.576. The summed E-state index contributed by atoms with van der Waals surface area (Å²) in [7, 11) is 1.52. The zero-order chi connectivity index (χ0) is 20.5. The van der Waals surface area contributed by atoms with Crippen molar-refractivity contribution in [3.8, 4) is 5.75 Å². The highest BCUT2D eigenvalue weighted by molar-refractivity contribution is 9.13. The van der Waals surface area contributed by atoms with Crippen LogP contribution in [0.15, 0.2) is 55.1 Å². The average Bonchev–Trinajstić information content (AvgIpc) is 3.24. The molecule has 29 heavy (non-hydrogen) atoms. The van der Waals surface area contributed by atoms with Crippen LogP contribution in [0.2, 0.25) is 0 Å². The minimum Gasteiger partial charge on any atom is -0.495 e. The van der Waals surface area contributed by atoms with Crippen molar-refractivity contribution in [2.45, 2.75) is 0 Å². The SMILES string of the molecule is COc1cc2c(cc1NC(=O)COC(=O)c1cc(Br)c(Br)s1)oc1ccccc12. The van der Waals surface area contributed by atoms with Crippen molar-refractivity contribution in [2.24, 2.45) is 0 Å². The lowest BCUT2D eigenvalue weighted by Gasteiger charge is -2.10. The Hall–Kier alpha value is -2.36. The molecule has 0 saturated heterocycles. The minimum absolute atomic E-state index is 0.387. The van der Waals surface area contributed by atoms with Crippen molar-refractivity contribution in [1.82, 2.24) is 0 Å². The van der Waals surface area contributed by atoms with Gasteiger partial charge in [-0.05, 0) is 50.1 Å². The molecule has 1 N–H and O–H groups in total. The van der Waals surface area contributed by atoms with E-state index >= 15 is 0 Å². The monoisotopic (exact) mass is 537 g/mol. The van der Waals surface area contributed by atoms with E-state index in [1.165, 1.54) is 18.4 Å². The molecule has 9 heteroatoms. The number of carbonyl (C=O) groups excluding carboxylic acids is 2. The molecule has 1 amide bonds. The van der Waals surface area contributed by atoms with Crippen molar-refractivity contribution in [2.75, 3.05) is 19.0 Å². The number of para-hydroxylation sites is 1. The highest BCUT2D eigenvalue weighted by Crippen LogP contribution is 2.36. The van der Waals surface area contributed by atoms with Gasteiger partial charge in [0.1, 0.15) is 21.8 Å². The number of thiophene rings is 1. The van der Waals surface area contributed by atoms with Gasteiger partial charge in [0.05, 0.1) is 16.6 Å². The van der Waals surface area contributed by atoms with Gasteiger partial charge in [0.25, 0.3) is 5.91 Å². The van der Waals surface area contributed by atoms with Crippen LogP contribution in [0, 0.1) is 0 Å². The maximum Gasteiger partial charge on any atom is 0.348 e. The molecule has 2 aromatic carbocycles. The first-order chi connectivity index (χ1) is 14.0. The van der Waals surface area contributed by atoms with Gasteiger partial charge in [0.2, 0.25) is 0 Å². The number of fused-ring (bicyclic) bond motifs is 3. The fraction of sp³-hybridized carbons (Fsp3) is 0.100. The summed E-state index contributed by atoms with van der Waals surface area (Å²) < 4.78 is 17.9. The third-order valence-corrected chi connectivity index (χ3v) is 7.39. The molecule has 148 valence electrons. The molecule has 0 aliphatic carbocycles. The van der Waals surface area contributed by atoms with Crippen LogP contribution < -0.4 is 10.1 Å². The third-order valence-electron chi connectivity index (χ3n) is 4.15. The summed E-state index contributed by atoms with van der Waals surface area (Å²) >= 11 is 7.85. The van der Waals surface area contributed by atoms with Crippen LogP contribution in [-0.2, 0) is 9.53 Å². The molecule has 0 spiro atoms. The van der Waals surface area contributed by atoms with Gasteiger partial charge in [0.15, 0.2) is 6.61 Å². The quantitative estimate of drug-likeness (QED) is 0.316. The first-order valence-corrected chi connectivity index (χ1v) is 10.8. The first-order valence-electron chi connectivity index (χ1n) is 8.37. The van der Waals surface area contributed by atoms with Crippen molar-refractivity contribution < 1.29 is 23.5 Å². The molecule has 0 saturated carbocycles. The Bertz CT molecular complexity index is 1230. The predicted molar refractivity (Wildman–Crippen MR) is 119 cm³/mol. The number of halogens is 2. The highest BCUT2D eigenvalue weighted by atomic mass is 79.9. The number of anilines is 1. The molecule has 2 aromatic heterocycles. The topological polar surface area (TPSA) is 77.8 Å². The van der Waals surface area contributed by atoms with Gasteiger partial charge in [-0.1, -0.05) is 18.2 Å². The number of carbonyl (C=O) groups is 2. The largest absolute Gasteiger partial charge is 0.495 e. The Balaban J connectivity index is 1.51. The number of nitrogens with one attached hydrogen (secondary N) is 1. The minimum atomic E-state index is -0.573. The van der Waals surface area contributed by atoms with Crippen LogP contribution in [0.1, 0.15) is 9.67 Å². The number of hydrogen-bond donors (Lipinski definition) is 1. The van der Waals surface area contributed by atoms with Crippen molar-refractivity contribution in [1.29, 1.82) is 0 Å². The Labute approximate surface area is 186 Å². The van der Waals surface area contributed by atoms with E-state index in [0.29, 0.717) is 21.9 Å². The molecule has 0 fully saturated rings. The second kappa shape index (κ2) is 8.17. The third kappa shape index (κ3) is 4.03. The molecular weight excluding hydrogens is 526 g/mol. The van der Waals surface area contributed by atoms with Gasteiger partial charge >= 0.3 is 5.97 Å². The molecule has 4 rings (SSSR count). The van der Waals surface area contributed by atoms with Gasteiger partial charge in [-0.25, -0.2) is 4.79 Å². The zero-order valence-electron chi connectivity index (χ0n) is 15.0. The maximum absolute atomic E-state index is 12.3. The van der Waals surface area contributed by atoms with E-state index in [4.69, 9.17) is 13.9 Å². The van der Waals surface area contributed by atoms with Crippen molar-refractivity contribution in [3.05, 3.63) is 55.6 Å². The van der Waals surface area contributed by atoms with E-state index < -0.39 is 18.5 Å². The number of hydrogen-bond acceptors (Lipinski definition) is 6. The Morgan fingerprint density at radius 3 is 2.62 bits per heavy atom. The number of esters is 1. The molecule has 0 radical (unpaired) electrons. The predicted octanol–water partition coefficient (Wildman–Crippen LogP) is 5.98. The molecule has 0 bridgehead atoms. The van der Waals surface area contributed by atoms with Crippen LogP contribution in [0.3, 0.4) is 0 Å². The van der Waals surface area contributed by atoms with Gasteiger partial charge in [-0.15, -0.1) is 11.3 Å². The Morgan fingerprint density at radius 2 is 1.90 bits per heavy atom. The summed E-state index contributed by atoms with van der Waals surface area (Å²) in [5, 5.41) is 4.55. The lowest BCUT2D eigenvalue weighted by molar-refractivity contribution is -0.119. The maximum atomic E-state index is 12.3. The normalized spacial score (nSPS) is 11.0. The lowest BCUT2D eigenvalue weighted by atomic mass is 10.1. The van der Waals surface area contributed by atoms with Crippen molar-refractivity contribution >= 4 is 82.7 Å². The summed E-state index contributed by atoms with van der Waals surface area (Å²) in [5.41, 5.74) is 1.80. The van der Waals surface area contributed by atoms with E-state index in [-0.39, 0.29) is 0 Å². The molecule has 0 aliphatic heterocycles. The fourth-order valence-electron chi connectivity index (χ4n) is 2.85. The second-order valence-corrected chi connectivity index (χ2v) is 9.23. The average molecular weight is 539 g/mol. The number of rotatable bonds is 5. The van der Waals surface area contributed by atoms with Gasteiger partial charge in [0, 0.05) is 21.3 Å². The van der Waals surface area contributed by atoms with Gasteiger partial charge in [-0.3, -0.25) is 4.79 Å². The molecule has 6 nitrogen and oxygen atoms in total. The Morgan fingerprint density at radius 1 is 1.10 bits per heavy atom.